The van der Waals surface area contributed by atoms with Crippen LogP contribution >= 0.6 is 0 Å². The highest BCUT2D eigenvalue weighted by molar-refractivity contribution is 6.13. The first-order chi connectivity index (χ1) is 14.3. The predicted octanol–water partition coefficient (Wildman–Crippen LogP) is 3.10. The molecule has 3 aromatic rings. The van der Waals surface area contributed by atoms with Gasteiger partial charge in [-0.3, -0.25) is 4.79 Å². The molecule has 0 bridgehead atoms. The van der Waals surface area contributed by atoms with Crippen LogP contribution in [0.25, 0.3) is 0 Å². The molecule has 0 radical (unpaired) electrons. The highest BCUT2D eigenvalue weighted by Gasteiger charge is 2.20. The number of carbonyl (C=O) groups is 1. The predicted molar refractivity (Wildman–Crippen MR) is 113 cm³/mol. The zero-order valence-corrected chi connectivity index (χ0v) is 16.0. The summed E-state index contributed by atoms with van der Waals surface area (Å²) < 4.78 is 5.41. The Kier molecular flexibility index (Phi) is 5.92. The van der Waals surface area contributed by atoms with E-state index in [4.69, 9.17) is 4.74 Å². The fraction of sp³-hybridized carbons (Fsp3) is 0.174. The van der Waals surface area contributed by atoms with E-state index in [9.17, 15) is 4.79 Å². The number of anilines is 1. The summed E-state index contributed by atoms with van der Waals surface area (Å²) in [5, 5.41) is 4.47. The molecule has 6 heteroatoms. The van der Waals surface area contributed by atoms with Gasteiger partial charge in [0.25, 0.3) is 5.91 Å². The van der Waals surface area contributed by atoms with Crippen LogP contribution < -0.4 is 10.3 Å². The van der Waals surface area contributed by atoms with Crippen molar-refractivity contribution in [3.63, 3.8) is 0 Å². The number of pyridine rings is 1. The van der Waals surface area contributed by atoms with Crippen LogP contribution in [0, 0.1) is 0 Å². The summed E-state index contributed by atoms with van der Waals surface area (Å²) in [6, 6.07) is 23.1. The third kappa shape index (κ3) is 4.50. The second-order valence-corrected chi connectivity index (χ2v) is 6.61. The maximum absolute atomic E-state index is 13.0. The Hall–Kier alpha value is -3.51. The molecule has 0 saturated carbocycles. The molecule has 0 unspecified atom stereocenters. The zero-order chi connectivity index (χ0) is 19.9. The Morgan fingerprint density at radius 3 is 2.14 bits per heavy atom. The van der Waals surface area contributed by atoms with Crippen LogP contribution in [-0.2, 0) is 4.74 Å². The Balaban J connectivity index is 1.62. The van der Waals surface area contributed by atoms with Crippen molar-refractivity contribution in [2.45, 2.75) is 0 Å². The van der Waals surface area contributed by atoms with E-state index in [-0.39, 0.29) is 5.91 Å². The van der Waals surface area contributed by atoms with E-state index < -0.39 is 0 Å². The first kappa shape index (κ1) is 18.8. The highest BCUT2D eigenvalue weighted by atomic mass is 16.5. The van der Waals surface area contributed by atoms with Crippen LogP contribution in [0.5, 0.6) is 0 Å². The molecule has 2 aromatic carbocycles. The van der Waals surface area contributed by atoms with Crippen LogP contribution in [-0.4, -0.2) is 42.9 Å². The van der Waals surface area contributed by atoms with Gasteiger partial charge in [-0.1, -0.05) is 60.7 Å². The average molecular weight is 386 g/mol. The number of aromatic nitrogens is 1. The van der Waals surface area contributed by atoms with Gasteiger partial charge in [0.05, 0.1) is 24.5 Å². The molecule has 0 aliphatic carbocycles. The van der Waals surface area contributed by atoms with E-state index in [0.29, 0.717) is 43.4 Å². The second-order valence-electron chi connectivity index (χ2n) is 6.61. The van der Waals surface area contributed by atoms with Crippen LogP contribution in [0.1, 0.15) is 21.5 Å². The summed E-state index contributed by atoms with van der Waals surface area (Å²) in [6.07, 6.45) is 1.70. The van der Waals surface area contributed by atoms with Crippen molar-refractivity contribution in [1.29, 1.82) is 0 Å². The van der Waals surface area contributed by atoms with Gasteiger partial charge >= 0.3 is 0 Å². The quantitative estimate of drug-likeness (QED) is 0.541. The van der Waals surface area contributed by atoms with E-state index in [0.717, 1.165) is 11.1 Å². The molecular weight excluding hydrogens is 364 g/mol. The van der Waals surface area contributed by atoms with Gasteiger partial charge in [0, 0.05) is 30.4 Å². The smallest absolute Gasteiger partial charge is 0.275 e. The first-order valence-electron chi connectivity index (χ1n) is 9.59. The van der Waals surface area contributed by atoms with Crippen molar-refractivity contribution in [3.8, 4) is 0 Å². The van der Waals surface area contributed by atoms with E-state index in [2.05, 4.69) is 20.4 Å². The summed E-state index contributed by atoms with van der Waals surface area (Å²) in [7, 11) is 0. The fourth-order valence-corrected chi connectivity index (χ4v) is 3.26. The molecule has 1 saturated heterocycles. The lowest BCUT2D eigenvalue weighted by atomic mass is 10.0. The number of rotatable bonds is 5. The third-order valence-corrected chi connectivity index (χ3v) is 4.71. The number of hydrazone groups is 1. The van der Waals surface area contributed by atoms with Gasteiger partial charge in [0.2, 0.25) is 0 Å². The van der Waals surface area contributed by atoms with E-state index in [1.165, 1.54) is 0 Å². The van der Waals surface area contributed by atoms with Crippen molar-refractivity contribution in [1.82, 2.24) is 10.4 Å². The Morgan fingerprint density at radius 2 is 1.52 bits per heavy atom. The van der Waals surface area contributed by atoms with Crippen LogP contribution in [0.3, 0.4) is 0 Å². The average Bonchev–Trinajstić information content (AvgIpc) is 2.81. The lowest BCUT2D eigenvalue weighted by molar-refractivity contribution is 0.0953. The van der Waals surface area contributed by atoms with Crippen LogP contribution in [0.15, 0.2) is 84.1 Å². The Labute approximate surface area is 169 Å². The van der Waals surface area contributed by atoms with Crippen molar-refractivity contribution in [2.24, 2.45) is 5.10 Å². The second kappa shape index (κ2) is 9.12. The van der Waals surface area contributed by atoms with Crippen molar-refractivity contribution in [2.75, 3.05) is 31.2 Å². The number of nitrogens with zero attached hydrogens (tertiary/aromatic N) is 3. The van der Waals surface area contributed by atoms with Gasteiger partial charge in [0.1, 0.15) is 5.82 Å². The number of carbonyl (C=O) groups excluding carboxylic acids is 1. The summed E-state index contributed by atoms with van der Waals surface area (Å²) >= 11 is 0. The minimum Gasteiger partial charge on any atom is -0.378 e. The molecule has 2 heterocycles. The number of benzene rings is 2. The van der Waals surface area contributed by atoms with Gasteiger partial charge in [-0.05, 0) is 12.1 Å². The number of nitrogens with one attached hydrogen (secondary N) is 1. The van der Waals surface area contributed by atoms with E-state index in [1.54, 1.807) is 18.3 Å². The molecule has 1 aliphatic heterocycles. The lowest BCUT2D eigenvalue weighted by Crippen LogP contribution is -2.38. The van der Waals surface area contributed by atoms with Crippen LogP contribution in [0.4, 0.5) is 5.82 Å². The van der Waals surface area contributed by atoms with Crippen LogP contribution in [0.2, 0.25) is 0 Å². The summed E-state index contributed by atoms with van der Waals surface area (Å²) in [5.74, 6) is 0.369. The SMILES string of the molecule is O=C(NN=C(c1ccccc1)c1ccccc1)c1cccnc1N1CCOCC1. The first-order valence-corrected chi connectivity index (χ1v) is 9.59. The Morgan fingerprint density at radius 1 is 0.897 bits per heavy atom. The van der Waals surface area contributed by atoms with E-state index >= 15 is 0 Å². The normalized spacial score (nSPS) is 13.6. The topological polar surface area (TPSA) is 66.8 Å². The molecule has 1 fully saturated rings. The number of amides is 1. The summed E-state index contributed by atoms with van der Waals surface area (Å²) in [6.45, 7) is 2.67. The van der Waals surface area contributed by atoms with Gasteiger partial charge in [0.15, 0.2) is 0 Å². The zero-order valence-electron chi connectivity index (χ0n) is 16.0. The molecule has 4 rings (SSSR count). The number of ether oxygens (including phenoxy) is 1. The largest absolute Gasteiger partial charge is 0.378 e. The van der Waals surface area contributed by atoms with Crippen molar-refractivity contribution >= 4 is 17.4 Å². The van der Waals surface area contributed by atoms with Crippen molar-refractivity contribution in [3.05, 3.63) is 95.7 Å². The summed E-state index contributed by atoms with van der Waals surface area (Å²) in [5.41, 5.74) is 5.79. The van der Waals surface area contributed by atoms with Gasteiger partial charge in [-0.25, -0.2) is 10.4 Å². The number of morpholine rings is 1. The minimum absolute atomic E-state index is 0.288. The minimum atomic E-state index is -0.288. The molecule has 6 nitrogen and oxygen atoms in total. The maximum atomic E-state index is 13.0. The molecule has 0 spiro atoms. The third-order valence-electron chi connectivity index (χ3n) is 4.71. The molecule has 1 aliphatic rings. The fourth-order valence-electron chi connectivity index (χ4n) is 3.26. The molecule has 146 valence electrons. The highest BCUT2D eigenvalue weighted by Crippen LogP contribution is 2.18. The Bertz CT molecular complexity index is 943. The molecule has 0 atom stereocenters. The van der Waals surface area contributed by atoms with Gasteiger partial charge < -0.3 is 9.64 Å². The molecule has 1 aromatic heterocycles. The standard InChI is InChI=1S/C23H22N4O2/c28-23(20-12-7-13-24-22(20)27-14-16-29-17-15-27)26-25-21(18-8-3-1-4-9-18)19-10-5-2-6-11-19/h1-13H,14-17H2,(H,26,28). The molecular formula is C23H22N4O2. The van der Waals surface area contributed by atoms with Gasteiger partial charge in [-0.15, -0.1) is 0 Å². The maximum Gasteiger partial charge on any atom is 0.275 e. The van der Waals surface area contributed by atoms with E-state index in [1.807, 2.05) is 60.7 Å². The monoisotopic (exact) mass is 386 g/mol. The lowest BCUT2D eigenvalue weighted by Gasteiger charge is -2.28. The molecule has 29 heavy (non-hydrogen) atoms. The molecule has 1 N–H and O–H groups in total. The number of hydrogen-bond donors (Lipinski definition) is 1. The molecule has 1 amide bonds. The van der Waals surface area contributed by atoms with Crippen molar-refractivity contribution < 1.29 is 9.53 Å². The number of hydrogen-bond acceptors (Lipinski definition) is 5. The summed E-state index contributed by atoms with van der Waals surface area (Å²) in [4.78, 5) is 19.5. The van der Waals surface area contributed by atoms with Gasteiger partial charge in [-0.2, -0.15) is 5.10 Å².